The van der Waals surface area contributed by atoms with Crippen LogP contribution < -0.4 is 5.32 Å². The van der Waals surface area contributed by atoms with Gasteiger partial charge in [0.2, 0.25) is 5.78 Å². The largest absolute Gasteiger partial charge is 0.506 e. The van der Waals surface area contributed by atoms with Gasteiger partial charge in [0.25, 0.3) is 0 Å². The first kappa shape index (κ1) is 17.2. The Balaban J connectivity index is 2.80. The Labute approximate surface area is 147 Å². The summed E-state index contributed by atoms with van der Waals surface area (Å²) in [5.74, 6) is -0.128. The summed E-state index contributed by atoms with van der Waals surface area (Å²) in [6.07, 6.45) is 1.66. The molecule has 1 aliphatic carbocycles. The SMILES string of the molecule is CC(C)N=C1C=C(Br)C(=O)c2c(NC(C)C)cc(Br)c(O)c21. The molecule has 1 aromatic rings. The number of anilines is 1. The molecule has 0 saturated carbocycles. The van der Waals surface area contributed by atoms with Crippen LogP contribution in [-0.2, 0) is 0 Å². The molecule has 0 spiro atoms. The zero-order chi connectivity index (χ0) is 16.6. The zero-order valence-corrected chi connectivity index (χ0v) is 16.0. The molecule has 0 fully saturated rings. The fourth-order valence-corrected chi connectivity index (χ4v) is 3.15. The second-order valence-corrected chi connectivity index (χ2v) is 7.44. The highest BCUT2D eigenvalue weighted by atomic mass is 79.9. The molecular weight excluding hydrogens is 412 g/mol. The number of hydrogen-bond donors (Lipinski definition) is 2. The quantitative estimate of drug-likeness (QED) is 0.687. The van der Waals surface area contributed by atoms with E-state index in [2.05, 4.69) is 42.2 Å². The number of benzene rings is 1. The third-order valence-corrected chi connectivity index (χ3v) is 4.25. The van der Waals surface area contributed by atoms with Gasteiger partial charge in [0, 0.05) is 17.8 Å². The molecule has 118 valence electrons. The molecule has 0 atom stereocenters. The predicted molar refractivity (Wildman–Crippen MR) is 97.6 cm³/mol. The van der Waals surface area contributed by atoms with E-state index in [1.165, 1.54) is 0 Å². The number of hydrogen-bond acceptors (Lipinski definition) is 4. The third-order valence-electron chi connectivity index (χ3n) is 3.06. The van der Waals surface area contributed by atoms with Crippen LogP contribution in [0.15, 0.2) is 26.1 Å². The highest BCUT2D eigenvalue weighted by Gasteiger charge is 2.30. The highest BCUT2D eigenvalue weighted by Crippen LogP contribution is 2.41. The van der Waals surface area contributed by atoms with E-state index in [0.29, 0.717) is 31.5 Å². The zero-order valence-electron chi connectivity index (χ0n) is 12.9. The fourth-order valence-electron chi connectivity index (χ4n) is 2.31. The Morgan fingerprint density at radius 2 is 1.82 bits per heavy atom. The van der Waals surface area contributed by atoms with Crippen LogP contribution in [0.2, 0.25) is 0 Å². The average molecular weight is 430 g/mol. The van der Waals surface area contributed by atoms with Crippen LogP contribution in [0, 0.1) is 0 Å². The maximum atomic E-state index is 12.6. The molecule has 0 unspecified atom stereocenters. The van der Waals surface area contributed by atoms with Crippen molar-refractivity contribution in [1.82, 2.24) is 0 Å². The average Bonchev–Trinajstić information content (AvgIpc) is 2.38. The lowest BCUT2D eigenvalue weighted by molar-refractivity contribution is 0.104. The number of allylic oxidation sites excluding steroid dienone is 2. The van der Waals surface area contributed by atoms with E-state index >= 15 is 0 Å². The number of halogens is 2. The molecule has 2 N–H and O–H groups in total. The van der Waals surface area contributed by atoms with Crippen molar-refractivity contribution in [2.24, 2.45) is 4.99 Å². The van der Waals surface area contributed by atoms with E-state index < -0.39 is 0 Å². The van der Waals surface area contributed by atoms with Gasteiger partial charge in [-0.3, -0.25) is 9.79 Å². The number of rotatable bonds is 3. The van der Waals surface area contributed by atoms with Gasteiger partial charge in [-0.25, -0.2) is 0 Å². The molecule has 0 bridgehead atoms. The third kappa shape index (κ3) is 3.27. The van der Waals surface area contributed by atoms with Crippen LogP contribution in [0.1, 0.15) is 43.6 Å². The molecule has 6 heteroatoms. The first-order chi connectivity index (χ1) is 10.2. The number of phenols is 1. The summed E-state index contributed by atoms with van der Waals surface area (Å²) in [6.45, 7) is 7.89. The number of ketones is 1. The smallest absolute Gasteiger partial charge is 0.202 e. The molecule has 0 amide bonds. The molecule has 1 aromatic carbocycles. The molecule has 1 aliphatic rings. The van der Waals surface area contributed by atoms with Crippen LogP contribution >= 0.6 is 31.9 Å². The van der Waals surface area contributed by atoms with Crippen molar-refractivity contribution in [2.75, 3.05) is 5.32 Å². The Kier molecular flexibility index (Phi) is 5.12. The number of fused-ring (bicyclic) bond motifs is 1. The number of nitrogens with one attached hydrogen (secondary N) is 1. The summed E-state index contributed by atoms with van der Waals surface area (Å²) < 4.78 is 0.970. The number of aliphatic imine (C=N–C) groups is 1. The number of nitrogens with zero attached hydrogens (tertiary/aromatic N) is 1. The number of carbonyl (C=O) groups excluding carboxylic acids is 1. The number of carbonyl (C=O) groups is 1. The van der Waals surface area contributed by atoms with Gasteiger partial charge in [-0.1, -0.05) is 0 Å². The van der Waals surface area contributed by atoms with Crippen molar-refractivity contribution >= 4 is 49.0 Å². The van der Waals surface area contributed by atoms with E-state index in [4.69, 9.17) is 0 Å². The van der Waals surface area contributed by atoms with Crippen molar-refractivity contribution in [3.63, 3.8) is 0 Å². The first-order valence-corrected chi connectivity index (χ1v) is 8.63. The Morgan fingerprint density at radius 3 is 2.36 bits per heavy atom. The normalized spacial score (nSPS) is 16.3. The number of Topliss-reactive ketones (excluding diaryl/α,β-unsaturated/α-hetero) is 1. The molecule has 0 heterocycles. The maximum Gasteiger partial charge on any atom is 0.202 e. The summed E-state index contributed by atoms with van der Waals surface area (Å²) in [7, 11) is 0. The van der Waals surface area contributed by atoms with Gasteiger partial charge >= 0.3 is 0 Å². The van der Waals surface area contributed by atoms with E-state index in [1.807, 2.05) is 27.7 Å². The van der Waals surface area contributed by atoms with Crippen molar-refractivity contribution in [2.45, 2.75) is 39.8 Å². The van der Waals surface area contributed by atoms with Gasteiger partial charge < -0.3 is 10.4 Å². The lowest BCUT2D eigenvalue weighted by Crippen LogP contribution is -2.21. The molecule has 0 aromatic heterocycles. The van der Waals surface area contributed by atoms with Crippen LogP contribution in [0.3, 0.4) is 0 Å². The summed E-state index contributed by atoms with van der Waals surface area (Å²) in [5.41, 5.74) is 2.20. The van der Waals surface area contributed by atoms with Gasteiger partial charge in [0.05, 0.1) is 25.8 Å². The summed E-state index contributed by atoms with van der Waals surface area (Å²) in [4.78, 5) is 17.1. The van der Waals surface area contributed by atoms with Gasteiger partial charge in [-0.2, -0.15) is 0 Å². The van der Waals surface area contributed by atoms with Crippen LogP contribution in [0.5, 0.6) is 5.75 Å². The minimum atomic E-state index is -0.163. The van der Waals surface area contributed by atoms with Crippen molar-refractivity contribution in [1.29, 1.82) is 0 Å². The lowest BCUT2D eigenvalue weighted by Gasteiger charge is -2.23. The minimum Gasteiger partial charge on any atom is -0.506 e. The summed E-state index contributed by atoms with van der Waals surface area (Å²) >= 11 is 6.66. The van der Waals surface area contributed by atoms with Gasteiger partial charge in [-0.15, -0.1) is 0 Å². The molecule has 4 nitrogen and oxygen atoms in total. The van der Waals surface area contributed by atoms with Crippen molar-refractivity contribution < 1.29 is 9.90 Å². The monoisotopic (exact) mass is 428 g/mol. The predicted octanol–water partition coefficient (Wildman–Crippen LogP) is 4.65. The second kappa shape index (κ2) is 6.54. The Morgan fingerprint density at radius 1 is 1.18 bits per heavy atom. The van der Waals surface area contributed by atoms with Gasteiger partial charge in [0.15, 0.2) is 0 Å². The number of phenolic OH excluding ortho intramolecular Hbond substituents is 1. The standard InChI is InChI=1S/C16H18Br2N2O2/c1-7(2)19-11-5-9(17)16(22)14-12(20-8(3)4)6-10(18)15(21)13(11)14/h5-8,19,22H,1-4H3. The molecule has 0 saturated heterocycles. The minimum absolute atomic E-state index is 0.0355. The van der Waals surface area contributed by atoms with E-state index in [9.17, 15) is 9.90 Å². The van der Waals surface area contributed by atoms with Gasteiger partial charge in [-0.05, 0) is 71.7 Å². The topological polar surface area (TPSA) is 61.7 Å². The van der Waals surface area contributed by atoms with Crippen LogP contribution in [0.25, 0.3) is 0 Å². The molecule has 0 aliphatic heterocycles. The lowest BCUT2D eigenvalue weighted by atomic mass is 9.91. The highest BCUT2D eigenvalue weighted by molar-refractivity contribution is 9.12. The first-order valence-electron chi connectivity index (χ1n) is 7.04. The summed E-state index contributed by atoms with van der Waals surface area (Å²) in [6, 6.07) is 1.93. The van der Waals surface area contributed by atoms with Crippen molar-refractivity contribution in [3.8, 4) is 5.75 Å². The molecule has 22 heavy (non-hydrogen) atoms. The molecule has 2 rings (SSSR count). The Bertz CT molecular complexity index is 692. The number of aromatic hydroxyl groups is 1. The molecule has 0 radical (unpaired) electrons. The maximum absolute atomic E-state index is 12.6. The summed E-state index contributed by atoms with van der Waals surface area (Å²) in [5, 5.41) is 13.7. The van der Waals surface area contributed by atoms with Crippen LogP contribution in [-0.4, -0.2) is 28.7 Å². The fraction of sp³-hybridized carbons (Fsp3) is 0.375. The van der Waals surface area contributed by atoms with Gasteiger partial charge in [0.1, 0.15) is 5.75 Å². The Hall–Kier alpha value is -1.14. The van der Waals surface area contributed by atoms with Crippen molar-refractivity contribution in [3.05, 3.63) is 32.2 Å². The molecular formula is C16H18Br2N2O2. The van der Waals surface area contributed by atoms with E-state index in [1.54, 1.807) is 12.1 Å². The van der Waals surface area contributed by atoms with Crippen LogP contribution in [0.4, 0.5) is 5.69 Å². The van der Waals surface area contributed by atoms with E-state index in [0.717, 1.165) is 0 Å². The van der Waals surface area contributed by atoms with E-state index in [-0.39, 0.29) is 23.6 Å². The second-order valence-electron chi connectivity index (χ2n) is 5.73.